The lowest BCUT2D eigenvalue weighted by Gasteiger charge is -2.11. The first-order valence-electron chi connectivity index (χ1n) is 8.12. The highest BCUT2D eigenvalue weighted by Gasteiger charge is 2.31. The van der Waals surface area contributed by atoms with Crippen molar-refractivity contribution in [2.24, 2.45) is 0 Å². The molecule has 1 amide bonds. The van der Waals surface area contributed by atoms with Gasteiger partial charge in [-0.3, -0.25) is 4.79 Å². The van der Waals surface area contributed by atoms with Crippen LogP contribution in [-0.2, 0) is 16.2 Å². The zero-order valence-electron chi connectivity index (χ0n) is 15.2. The van der Waals surface area contributed by atoms with Crippen molar-refractivity contribution in [2.75, 3.05) is 0 Å². The molecule has 0 aliphatic rings. The summed E-state index contributed by atoms with van der Waals surface area (Å²) in [7, 11) is -4.66. The summed E-state index contributed by atoms with van der Waals surface area (Å²) in [5.74, 6) is -3.63. The Balaban J connectivity index is 1.92. The minimum Gasteiger partial charge on any atom is -0.266 e. The van der Waals surface area contributed by atoms with Crippen LogP contribution in [0.1, 0.15) is 21.7 Å². The first-order chi connectivity index (χ1) is 14.3. The minimum atomic E-state index is -4.66. The molecule has 1 N–H and O–H groups in total. The number of benzene rings is 2. The Labute approximate surface area is 176 Å². The molecule has 0 aliphatic heterocycles. The van der Waals surface area contributed by atoms with Gasteiger partial charge in [0.1, 0.15) is 11.6 Å². The lowest BCUT2D eigenvalue weighted by atomic mass is 10.2. The van der Waals surface area contributed by atoms with E-state index >= 15 is 0 Å². The van der Waals surface area contributed by atoms with Gasteiger partial charge in [0.15, 0.2) is 5.69 Å². The van der Waals surface area contributed by atoms with Gasteiger partial charge in [-0.25, -0.2) is 26.6 Å². The molecular weight excluding hydrogens is 471 g/mol. The summed E-state index contributed by atoms with van der Waals surface area (Å²) in [6.07, 6.45) is -4.63. The van der Waals surface area contributed by atoms with E-state index in [2.05, 4.69) is 10.3 Å². The fraction of sp³-hybridized carbons (Fsp3) is 0.118. The molecule has 2 aromatic carbocycles. The molecule has 14 heteroatoms. The van der Waals surface area contributed by atoms with Crippen molar-refractivity contribution >= 4 is 27.5 Å². The Kier molecular flexibility index (Phi) is 5.76. The van der Waals surface area contributed by atoms with Crippen LogP contribution >= 0.6 is 11.6 Å². The Morgan fingerprint density at radius 2 is 1.71 bits per heavy atom. The van der Waals surface area contributed by atoms with E-state index in [0.29, 0.717) is 24.3 Å². The Morgan fingerprint density at radius 1 is 1.10 bits per heavy atom. The highest BCUT2D eigenvalue weighted by atomic mass is 35.5. The van der Waals surface area contributed by atoms with Crippen LogP contribution in [-0.4, -0.2) is 29.3 Å². The van der Waals surface area contributed by atoms with Crippen molar-refractivity contribution < 1.29 is 35.2 Å². The summed E-state index contributed by atoms with van der Waals surface area (Å²) in [5.41, 5.74) is -1.62. The lowest BCUT2D eigenvalue weighted by Crippen LogP contribution is -2.31. The fourth-order valence-electron chi connectivity index (χ4n) is 2.54. The molecule has 1 aromatic heterocycles. The highest BCUT2D eigenvalue weighted by Crippen LogP contribution is 2.33. The summed E-state index contributed by atoms with van der Waals surface area (Å²) in [5, 5.41) is 6.79. The van der Waals surface area contributed by atoms with Gasteiger partial charge in [-0.15, -0.1) is 5.10 Å². The van der Waals surface area contributed by atoms with Crippen LogP contribution in [0.2, 0.25) is 5.02 Å². The van der Waals surface area contributed by atoms with Crippen LogP contribution in [0, 0.1) is 18.6 Å². The first-order valence-corrected chi connectivity index (χ1v) is 9.98. The molecule has 7 nitrogen and oxygen atoms in total. The van der Waals surface area contributed by atoms with Crippen molar-refractivity contribution in [3.05, 3.63) is 70.0 Å². The van der Waals surface area contributed by atoms with Gasteiger partial charge in [-0.2, -0.15) is 13.2 Å². The number of hydrogen-bond donors (Lipinski definition) is 1. The van der Waals surface area contributed by atoms with E-state index in [1.54, 1.807) is 4.72 Å². The zero-order valence-corrected chi connectivity index (χ0v) is 16.8. The second kappa shape index (κ2) is 7.89. The fourth-order valence-corrected chi connectivity index (χ4v) is 3.79. The maximum absolute atomic E-state index is 13.3. The van der Waals surface area contributed by atoms with E-state index in [1.165, 1.54) is 6.92 Å². The van der Waals surface area contributed by atoms with Gasteiger partial charge in [0.25, 0.3) is 15.9 Å². The standard InChI is InChI=1S/C17H10ClF5N4O3S/c1-8-15(16(28)25-31(29,30)12-6-10(19)5-11(20)7-12)24-26-27(8)14-3-2-9(4-13(14)18)17(21,22)23/h2-7H,1H3,(H,25,28). The second-order valence-corrected chi connectivity index (χ2v) is 8.23. The summed E-state index contributed by atoms with van der Waals surface area (Å²) < 4.78 is 92.0. The third-order valence-corrected chi connectivity index (χ3v) is 5.60. The molecule has 0 fully saturated rings. The SMILES string of the molecule is Cc1c(C(=O)NS(=O)(=O)c2cc(F)cc(F)c2)nnn1-c1ccc(C(F)(F)F)cc1Cl. The van der Waals surface area contributed by atoms with Crippen molar-refractivity contribution in [3.8, 4) is 5.69 Å². The molecule has 31 heavy (non-hydrogen) atoms. The number of nitrogens with one attached hydrogen (secondary N) is 1. The predicted octanol–water partition coefficient (Wildman–Crippen LogP) is 3.64. The van der Waals surface area contributed by atoms with Gasteiger partial charge in [-0.05, 0) is 37.3 Å². The average Bonchev–Trinajstić information content (AvgIpc) is 3.01. The number of alkyl halides is 3. The van der Waals surface area contributed by atoms with Crippen molar-refractivity contribution in [3.63, 3.8) is 0 Å². The van der Waals surface area contributed by atoms with Crippen molar-refractivity contribution in [1.29, 1.82) is 0 Å². The van der Waals surface area contributed by atoms with Gasteiger partial charge in [0.2, 0.25) is 0 Å². The molecule has 0 saturated heterocycles. The molecule has 0 atom stereocenters. The van der Waals surface area contributed by atoms with Gasteiger partial charge in [0, 0.05) is 6.07 Å². The number of sulfonamides is 1. The van der Waals surface area contributed by atoms with E-state index in [9.17, 15) is 35.2 Å². The average molecular weight is 481 g/mol. The summed E-state index contributed by atoms with van der Waals surface area (Å²) >= 11 is 5.89. The van der Waals surface area contributed by atoms with Crippen LogP contribution in [0.4, 0.5) is 22.0 Å². The normalized spacial score (nSPS) is 12.1. The molecule has 0 radical (unpaired) electrons. The summed E-state index contributed by atoms with van der Waals surface area (Å²) in [6.45, 7) is 1.29. The van der Waals surface area contributed by atoms with E-state index < -0.39 is 49.9 Å². The van der Waals surface area contributed by atoms with E-state index in [-0.39, 0.29) is 16.4 Å². The third-order valence-electron chi connectivity index (χ3n) is 3.99. The second-order valence-electron chi connectivity index (χ2n) is 6.14. The maximum atomic E-state index is 13.3. The van der Waals surface area contributed by atoms with E-state index in [0.717, 1.165) is 16.8 Å². The van der Waals surface area contributed by atoms with Crippen LogP contribution in [0.15, 0.2) is 41.3 Å². The molecule has 0 saturated carbocycles. The molecule has 3 aromatic rings. The Hall–Kier alpha value is -3.06. The molecular formula is C17H10ClF5N4O3S. The first kappa shape index (κ1) is 22.6. The molecule has 0 bridgehead atoms. The van der Waals surface area contributed by atoms with Crippen LogP contribution in [0.5, 0.6) is 0 Å². The lowest BCUT2D eigenvalue weighted by molar-refractivity contribution is -0.137. The molecule has 0 aliphatic carbocycles. The number of aromatic nitrogens is 3. The smallest absolute Gasteiger partial charge is 0.266 e. The summed E-state index contributed by atoms with van der Waals surface area (Å²) in [4.78, 5) is 11.5. The number of rotatable bonds is 4. The van der Waals surface area contributed by atoms with Crippen LogP contribution in [0.3, 0.4) is 0 Å². The number of nitrogens with zero attached hydrogens (tertiary/aromatic N) is 3. The Bertz CT molecular complexity index is 1270. The number of amides is 1. The Morgan fingerprint density at radius 3 is 2.26 bits per heavy atom. The molecule has 3 rings (SSSR count). The molecule has 1 heterocycles. The van der Waals surface area contributed by atoms with Crippen molar-refractivity contribution in [2.45, 2.75) is 18.0 Å². The maximum Gasteiger partial charge on any atom is 0.416 e. The van der Waals surface area contributed by atoms with E-state index in [4.69, 9.17) is 11.6 Å². The van der Waals surface area contributed by atoms with Crippen LogP contribution in [0.25, 0.3) is 5.69 Å². The minimum absolute atomic E-state index is 0.0474. The van der Waals surface area contributed by atoms with Gasteiger partial charge >= 0.3 is 6.18 Å². The number of carbonyl (C=O) groups excluding carboxylic acids is 1. The number of carbonyl (C=O) groups is 1. The highest BCUT2D eigenvalue weighted by molar-refractivity contribution is 7.90. The molecule has 164 valence electrons. The van der Waals surface area contributed by atoms with Gasteiger partial charge < -0.3 is 0 Å². The van der Waals surface area contributed by atoms with Gasteiger partial charge in [0.05, 0.1) is 26.9 Å². The quantitative estimate of drug-likeness (QED) is 0.575. The molecule has 0 spiro atoms. The predicted molar refractivity (Wildman–Crippen MR) is 97.1 cm³/mol. The number of hydrogen-bond acceptors (Lipinski definition) is 5. The van der Waals surface area contributed by atoms with Crippen LogP contribution < -0.4 is 4.72 Å². The van der Waals surface area contributed by atoms with E-state index in [1.807, 2.05) is 0 Å². The van der Waals surface area contributed by atoms with Crippen molar-refractivity contribution in [1.82, 2.24) is 19.7 Å². The summed E-state index contributed by atoms with van der Waals surface area (Å²) in [6, 6.07) is 3.85. The largest absolute Gasteiger partial charge is 0.416 e. The van der Waals surface area contributed by atoms with Gasteiger partial charge in [-0.1, -0.05) is 16.8 Å². The third kappa shape index (κ3) is 4.66. The topological polar surface area (TPSA) is 93.9 Å². The monoisotopic (exact) mass is 480 g/mol. The molecule has 0 unspecified atom stereocenters. The number of halogens is 6. The zero-order chi connectivity index (χ0) is 23.1.